The second kappa shape index (κ2) is 9.99. The summed E-state index contributed by atoms with van der Waals surface area (Å²) in [6.07, 6.45) is 5.15. The zero-order valence-corrected chi connectivity index (χ0v) is 17.6. The number of fused-ring (bicyclic) bond motifs is 2. The maximum Gasteiger partial charge on any atom is 0.226 e. The zero-order valence-electron chi connectivity index (χ0n) is 16.7. The summed E-state index contributed by atoms with van der Waals surface area (Å²) < 4.78 is 26.8. The average molecular weight is 416 g/mol. The topological polar surface area (TPSA) is 49.6 Å². The quantitative estimate of drug-likeness (QED) is 0.774. The highest BCUT2D eigenvalue weighted by molar-refractivity contribution is 5.85. The number of nitrogens with two attached hydrogens (primary N) is 1. The smallest absolute Gasteiger partial charge is 0.226 e. The van der Waals surface area contributed by atoms with Crippen LogP contribution in [0, 0.1) is 29.4 Å². The average Bonchev–Trinajstić information content (AvgIpc) is 2.60. The first-order chi connectivity index (χ1) is 12.8. The molecule has 28 heavy (non-hydrogen) atoms. The van der Waals surface area contributed by atoms with E-state index < -0.39 is 11.6 Å². The molecule has 2 N–H and O–H groups in total. The molecule has 7 heteroatoms. The molecule has 2 aliphatic carbocycles. The Morgan fingerprint density at radius 3 is 2.32 bits per heavy atom. The van der Waals surface area contributed by atoms with Gasteiger partial charge < -0.3 is 15.5 Å². The molecule has 2 unspecified atom stereocenters. The Morgan fingerprint density at radius 2 is 1.75 bits per heavy atom. The molecule has 0 spiro atoms. The van der Waals surface area contributed by atoms with Gasteiger partial charge in [0.05, 0.1) is 0 Å². The van der Waals surface area contributed by atoms with Gasteiger partial charge in [-0.25, -0.2) is 8.78 Å². The van der Waals surface area contributed by atoms with E-state index in [1.54, 1.807) is 6.07 Å². The molecule has 0 aromatic heterocycles. The summed E-state index contributed by atoms with van der Waals surface area (Å²) in [5, 5.41) is 0. The highest BCUT2D eigenvalue weighted by Gasteiger charge is 2.41. The lowest BCUT2D eigenvalue weighted by Crippen LogP contribution is -2.50. The van der Waals surface area contributed by atoms with Crippen LogP contribution in [0.25, 0.3) is 0 Å². The number of rotatable bonds is 6. The molecule has 2 bridgehead atoms. The monoisotopic (exact) mass is 415 g/mol. The van der Waals surface area contributed by atoms with Crippen molar-refractivity contribution >= 4 is 18.3 Å². The number of hydrogen-bond donors (Lipinski definition) is 1. The standard InChI is InChI=1S/C21H31F2N3O.ClH/c1-25(2)8-9-26(13-14-6-7-18(22)19(23)10-14)21(27)17-11-15-4-3-5-16(12-17)20(15)24;/h6-7,10,15-17,20H,3-5,8-9,11-13,24H2,1-2H3;1H. The van der Waals surface area contributed by atoms with Crippen molar-refractivity contribution < 1.29 is 13.6 Å². The van der Waals surface area contributed by atoms with E-state index in [1.807, 2.05) is 23.9 Å². The van der Waals surface area contributed by atoms with Gasteiger partial charge >= 0.3 is 0 Å². The number of nitrogens with zero attached hydrogens (tertiary/aromatic N) is 2. The van der Waals surface area contributed by atoms with Crippen LogP contribution in [-0.4, -0.2) is 48.9 Å². The van der Waals surface area contributed by atoms with E-state index in [9.17, 15) is 13.6 Å². The number of carbonyl (C=O) groups is 1. The van der Waals surface area contributed by atoms with Crippen LogP contribution in [0.3, 0.4) is 0 Å². The molecular weight excluding hydrogens is 384 g/mol. The largest absolute Gasteiger partial charge is 0.337 e. The lowest BCUT2D eigenvalue weighted by molar-refractivity contribution is -0.139. The molecule has 2 fully saturated rings. The maximum atomic E-state index is 13.6. The zero-order chi connectivity index (χ0) is 19.6. The van der Waals surface area contributed by atoms with Gasteiger partial charge in [0.1, 0.15) is 0 Å². The fraction of sp³-hybridized carbons (Fsp3) is 0.667. The molecule has 158 valence electrons. The molecule has 0 aliphatic heterocycles. The predicted octanol–water partition coefficient (Wildman–Crippen LogP) is 3.43. The summed E-state index contributed by atoms with van der Waals surface area (Å²) in [5.74, 6) is -0.738. The highest BCUT2D eigenvalue weighted by atomic mass is 35.5. The predicted molar refractivity (Wildman–Crippen MR) is 109 cm³/mol. The Morgan fingerprint density at radius 1 is 1.11 bits per heavy atom. The van der Waals surface area contributed by atoms with Gasteiger partial charge in [-0.1, -0.05) is 12.5 Å². The molecule has 4 nitrogen and oxygen atoms in total. The molecule has 0 radical (unpaired) electrons. The van der Waals surface area contributed by atoms with Gasteiger partial charge in [-0.2, -0.15) is 0 Å². The molecule has 1 amide bonds. The van der Waals surface area contributed by atoms with Crippen molar-refractivity contribution in [3.8, 4) is 0 Å². The number of amides is 1. The van der Waals surface area contributed by atoms with Crippen LogP contribution < -0.4 is 5.73 Å². The molecule has 2 atom stereocenters. The summed E-state index contributed by atoms with van der Waals surface area (Å²) in [7, 11) is 3.93. The third kappa shape index (κ3) is 5.43. The summed E-state index contributed by atoms with van der Waals surface area (Å²) in [6.45, 7) is 1.61. The minimum atomic E-state index is -0.870. The van der Waals surface area contributed by atoms with E-state index in [1.165, 1.54) is 12.5 Å². The van der Waals surface area contributed by atoms with Gasteiger partial charge in [0.2, 0.25) is 5.91 Å². The second-order valence-electron chi connectivity index (χ2n) is 8.51. The first-order valence-electron chi connectivity index (χ1n) is 9.98. The van der Waals surface area contributed by atoms with Crippen molar-refractivity contribution in [2.24, 2.45) is 23.5 Å². The van der Waals surface area contributed by atoms with E-state index in [0.717, 1.165) is 38.3 Å². The second-order valence-corrected chi connectivity index (χ2v) is 8.51. The first kappa shape index (κ1) is 23.0. The molecule has 1 aromatic carbocycles. The molecule has 3 rings (SSSR count). The fourth-order valence-corrected chi connectivity index (χ4v) is 4.70. The number of halogens is 3. The van der Waals surface area contributed by atoms with E-state index >= 15 is 0 Å². The minimum absolute atomic E-state index is 0. The van der Waals surface area contributed by atoms with E-state index in [0.29, 0.717) is 30.5 Å². The van der Waals surface area contributed by atoms with Crippen molar-refractivity contribution in [2.45, 2.75) is 44.7 Å². The van der Waals surface area contributed by atoms with Crippen LogP contribution in [0.2, 0.25) is 0 Å². The summed E-state index contributed by atoms with van der Waals surface area (Å²) in [5.41, 5.74) is 6.99. The van der Waals surface area contributed by atoms with Gasteiger partial charge in [0, 0.05) is 31.6 Å². The van der Waals surface area contributed by atoms with Gasteiger partial charge in [-0.15, -0.1) is 12.4 Å². The maximum absolute atomic E-state index is 13.6. The third-order valence-electron chi connectivity index (χ3n) is 6.25. The van der Waals surface area contributed by atoms with Gasteiger partial charge in [-0.05, 0) is 69.3 Å². The molecule has 0 saturated heterocycles. The van der Waals surface area contributed by atoms with Gasteiger partial charge in [0.15, 0.2) is 11.6 Å². The van der Waals surface area contributed by atoms with Crippen molar-refractivity contribution in [2.75, 3.05) is 27.2 Å². The lowest BCUT2D eigenvalue weighted by atomic mass is 9.65. The third-order valence-corrected chi connectivity index (χ3v) is 6.25. The Hall–Kier alpha value is -1.24. The highest BCUT2D eigenvalue weighted by Crippen LogP contribution is 2.42. The summed E-state index contributed by atoms with van der Waals surface area (Å²) in [4.78, 5) is 17.1. The van der Waals surface area contributed by atoms with Crippen LogP contribution in [0.5, 0.6) is 0 Å². The van der Waals surface area contributed by atoms with Crippen LogP contribution in [0.15, 0.2) is 18.2 Å². The van der Waals surface area contributed by atoms with Crippen LogP contribution >= 0.6 is 12.4 Å². The molecule has 2 saturated carbocycles. The van der Waals surface area contributed by atoms with Crippen molar-refractivity contribution in [3.05, 3.63) is 35.4 Å². The normalized spacial score (nSPS) is 26.6. The van der Waals surface area contributed by atoms with Crippen LogP contribution in [-0.2, 0) is 11.3 Å². The Balaban J connectivity index is 0.00000280. The van der Waals surface area contributed by atoms with Crippen molar-refractivity contribution in [3.63, 3.8) is 0 Å². The number of carbonyl (C=O) groups excluding carboxylic acids is 1. The Bertz CT molecular complexity index is 659. The van der Waals surface area contributed by atoms with Crippen molar-refractivity contribution in [1.29, 1.82) is 0 Å². The molecule has 0 heterocycles. The van der Waals surface area contributed by atoms with Gasteiger partial charge in [-0.3, -0.25) is 4.79 Å². The molecule has 2 aliphatic rings. The summed E-state index contributed by atoms with van der Waals surface area (Å²) >= 11 is 0. The first-order valence-corrected chi connectivity index (χ1v) is 9.98. The number of benzene rings is 1. The Labute approximate surface area is 172 Å². The number of likely N-dealkylation sites (N-methyl/N-ethyl adjacent to an activating group) is 1. The van der Waals surface area contributed by atoms with Crippen LogP contribution in [0.4, 0.5) is 8.78 Å². The van der Waals surface area contributed by atoms with E-state index in [4.69, 9.17) is 5.73 Å². The van der Waals surface area contributed by atoms with E-state index in [2.05, 4.69) is 0 Å². The van der Waals surface area contributed by atoms with E-state index in [-0.39, 0.29) is 30.3 Å². The molecule has 1 aromatic rings. The Kier molecular flexibility index (Phi) is 8.22. The lowest BCUT2D eigenvalue weighted by Gasteiger charge is -2.44. The number of hydrogen-bond acceptors (Lipinski definition) is 3. The van der Waals surface area contributed by atoms with Crippen LogP contribution in [0.1, 0.15) is 37.7 Å². The summed E-state index contributed by atoms with van der Waals surface area (Å²) in [6, 6.07) is 4.10. The SMILES string of the molecule is CN(C)CCN(Cc1ccc(F)c(F)c1)C(=O)C1CC2CCCC(C1)C2N.Cl. The molecular formula is C21H32ClF2N3O. The van der Waals surface area contributed by atoms with Gasteiger partial charge in [0.25, 0.3) is 0 Å². The fourth-order valence-electron chi connectivity index (χ4n) is 4.70. The minimum Gasteiger partial charge on any atom is -0.337 e. The van der Waals surface area contributed by atoms with Crippen molar-refractivity contribution in [1.82, 2.24) is 9.80 Å².